The summed E-state index contributed by atoms with van der Waals surface area (Å²) in [7, 11) is 0. The van der Waals surface area contributed by atoms with E-state index in [1.165, 1.54) is 16.5 Å². The maximum absolute atomic E-state index is 8.77. The Bertz CT molecular complexity index is 502. The van der Waals surface area contributed by atoms with Crippen LogP contribution in [0.15, 0.2) is 30.5 Å². The molecule has 0 atom stereocenters. The smallest absolute Gasteiger partial charge is 0.0486 e. The highest BCUT2D eigenvalue weighted by Gasteiger charge is 2.09. The molecule has 1 heterocycles. The molecule has 0 amide bonds. The van der Waals surface area contributed by atoms with Crippen molar-refractivity contribution >= 4 is 10.9 Å². The Morgan fingerprint density at radius 3 is 2.78 bits per heavy atom. The monoisotopic (exact) mass is 246 g/mol. The molecule has 3 heteroatoms. The van der Waals surface area contributed by atoms with Crippen molar-refractivity contribution in [1.82, 2.24) is 9.88 Å². The van der Waals surface area contributed by atoms with Gasteiger partial charge in [0.05, 0.1) is 0 Å². The van der Waals surface area contributed by atoms with Gasteiger partial charge in [0.15, 0.2) is 0 Å². The zero-order valence-electron chi connectivity index (χ0n) is 11.2. The Hall–Kier alpha value is -1.32. The molecule has 98 valence electrons. The number of aliphatic hydroxyl groups excluding tert-OH is 1. The summed E-state index contributed by atoms with van der Waals surface area (Å²) in [6, 6.07) is 9.00. The zero-order valence-corrected chi connectivity index (χ0v) is 11.2. The van der Waals surface area contributed by atoms with Crippen LogP contribution in [0, 0.1) is 0 Å². The van der Waals surface area contributed by atoms with Crippen molar-refractivity contribution < 1.29 is 5.11 Å². The molecule has 2 rings (SSSR count). The normalized spacial score (nSPS) is 11.6. The fourth-order valence-electron chi connectivity index (χ4n) is 2.27. The Morgan fingerprint density at radius 2 is 2.06 bits per heavy atom. The van der Waals surface area contributed by atoms with Crippen molar-refractivity contribution in [2.75, 3.05) is 13.2 Å². The van der Waals surface area contributed by atoms with Crippen molar-refractivity contribution in [2.24, 2.45) is 0 Å². The van der Waals surface area contributed by atoms with E-state index in [2.05, 4.69) is 54.2 Å². The molecule has 1 aromatic carbocycles. The minimum absolute atomic E-state index is 0.251. The number of hydrogen-bond donors (Lipinski definition) is 2. The predicted molar refractivity (Wildman–Crippen MR) is 75.7 cm³/mol. The first kappa shape index (κ1) is 13.1. The van der Waals surface area contributed by atoms with Crippen molar-refractivity contribution in [2.45, 2.75) is 32.9 Å². The lowest BCUT2D eigenvalue weighted by atomic mass is 10.2. The average Bonchev–Trinajstić information content (AvgIpc) is 2.74. The summed E-state index contributed by atoms with van der Waals surface area (Å²) in [6.07, 6.45) is 3.05. The third kappa shape index (κ3) is 2.74. The number of fused-ring (bicyclic) bond motifs is 1. The SMILES string of the molecule is CC(C)n1cc(CNCCCO)c2ccccc21. The van der Waals surface area contributed by atoms with E-state index in [0.717, 1.165) is 19.5 Å². The van der Waals surface area contributed by atoms with Gasteiger partial charge in [0.2, 0.25) is 0 Å². The van der Waals surface area contributed by atoms with Crippen LogP contribution < -0.4 is 5.32 Å². The van der Waals surface area contributed by atoms with Crippen molar-refractivity contribution in [3.8, 4) is 0 Å². The van der Waals surface area contributed by atoms with Crippen LogP contribution >= 0.6 is 0 Å². The topological polar surface area (TPSA) is 37.2 Å². The largest absolute Gasteiger partial charge is 0.396 e. The molecule has 0 aliphatic rings. The molecule has 0 aliphatic heterocycles. The van der Waals surface area contributed by atoms with E-state index < -0.39 is 0 Å². The summed E-state index contributed by atoms with van der Waals surface area (Å²) >= 11 is 0. The second kappa shape index (κ2) is 6.03. The molecule has 0 spiro atoms. The number of nitrogens with one attached hydrogen (secondary N) is 1. The molecule has 0 saturated heterocycles. The quantitative estimate of drug-likeness (QED) is 0.769. The summed E-state index contributed by atoms with van der Waals surface area (Å²) < 4.78 is 2.32. The van der Waals surface area contributed by atoms with Crippen molar-refractivity contribution in [1.29, 1.82) is 0 Å². The lowest BCUT2D eigenvalue weighted by Crippen LogP contribution is -2.15. The van der Waals surface area contributed by atoms with Gasteiger partial charge in [-0.3, -0.25) is 0 Å². The molecule has 0 unspecified atom stereocenters. The number of nitrogens with zero attached hydrogens (tertiary/aromatic N) is 1. The molecule has 0 saturated carbocycles. The van der Waals surface area contributed by atoms with E-state index in [1.807, 2.05) is 0 Å². The van der Waals surface area contributed by atoms with Gasteiger partial charge in [-0.2, -0.15) is 0 Å². The van der Waals surface area contributed by atoms with Crippen molar-refractivity contribution in [3.05, 3.63) is 36.0 Å². The summed E-state index contributed by atoms with van der Waals surface area (Å²) in [5, 5.41) is 13.5. The standard InChI is InChI=1S/C15H22N2O/c1-12(2)17-11-13(10-16-8-5-9-18)14-6-3-4-7-15(14)17/h3-4,6-7,11-12,16,18H,5,8-10H2,1-2H3. The van der Waals surface area contributed by atoms with Gasteiger partial charge in [-0.05, 0) is 38.4 Å². The Morgan fingerprint density at radius 1 is 1.28 bits per heavy atom. The van der Waals surface area contributed by atoms with Gasteiger partial charge in [-0.15, -0.1) is 0 Å². The fraction of sp³-hybridized carbons (Fsp3) is 0.467. The van der Waals surface area contributed by atoms with Gasteiger partial charge in [-0.25, -0.2) is 0 Å². The van der Waals surface area contributed by atoms with E-state index in [0.29, 0.717) is 6.04 Å². The fourth-order valence-corrected chi connectivity index (χ4v) is 2.27. The lowest BCUT2D eigenvalue weighted by Gasteiger charge is -2.08. The minimum atomic E-state index is 0.251. The highest BCUT2D eigenvalue weighted by Crippen LogP contribution is 2.24. The highest BCUT2D eigenvalue weighted by molar-refractivity contribution is 5.84. The molecule has 0 aliphatic carbocycles. The van der Waals surface area contributed by atoms with Gasteiger partial charge in [0.1, 0.15) is 0 Å². The molecular weight excluding hydrogens is 224 g/mol. The molecule has 2 aromatic rings. The molecule has 2 N–H and O–H groups in total. The highest BCUT2D eigenvalue weighted by atomic mass is 16.3. The molecule has 3 nitrogen and oxygen atoms in total. The average molecular weight is 246 g/mol. The van der Waals surface area contributed by atoms with Crippen LogP contribution in [0.1, 0.15) is 31.9 Å². The summed E-state index contributed by atoms with van der Waals surface area (Å²) in [5.74, 6) is 0. The Labute approximate surface area is 108 Å². The molecular formula is C15H22N2O. The first-order valence-corrected chi connectivity index (χ1v) is 6.64. The van der Waals surface area contributed by atoms with E-state index in [1.54, 1.807) is 0 Å². The Kier molecular flexibility index (Phi) is 4.39. The van der Waals surface area contributed by atoms with Gasteiger partial charge in [0.25, 0.3) is 0 Å². The molecule has 0 radical (unpaired) electrons. The number of hydrogen-bond acceptors (Lipinski definition) is 2. The van der Waals surface area contributed by atoms with Gasteiger partial charge >= 0.3 is 0 Å². The van der Waals surface area contributed by atoms with E-state index >= 15 is 0 Å². The molecule has 18 heavy (non-hydrogen) atoms. The van der Waals surface area contributed by atoms with E-state index in [-0.39, 0.29) is 6.61 Å². The lowest BCUT2D eigenvalue weighted by molar-refractivity contribution is 0.286. The number of aliphatic hydroxyl groups is 1. The number of aromatic nitrogens is 1. The van der Waals surface area contributed by atoms with Crippen LogP contribution in [0.25, 0.3) is 10.9 Å². The van der Waals surface area contributed by atoms with Gasteiger partial charge in [0, 0.05) is 36.3 Å². The van der Waals surface area contributed by atoms with Gasteiger partial charge < -0.3 is 15.0 Å². The third-order valence-corrected chi connectivity index (χ3v) is 3.21. The van der Waals surface area contributed by atoms with Crippen LogP contribution in [0.5, 0.6) is 0 Å². The molecule has 0 fully saturated rings. The van der Waals surface area contributed by atoms with Crippen LogP contribution in [-0.4, -0.2) is 22.8 Å². The molecule has 1 aromatic heterocycles. The Balaban J connectivity index is 2.22. The second-order valence-corrected chi connectivity index (χ2v) is 4.93. The van der Waals surface area contributed by atoms with Crippen LogP contribution in [0.4, 0.5) is 0 Å². The summed E-state index contributed by atoms with van der Waals surface area (Å²) in [6.45, 7) is 6.38. The number of para-hydroxylation sites is 1. The van der Waals surface area contributed by atoms with Crippen LogP contribution in [0.2, 0.25) is 0 Å². The van der Waals surface area contributed by atoms with Crippen molar-refractivity contribution in [3.63, 3.8) is 0 Å². The van der Waals surface area contributed by atoms with E-state index in [4.69, 9.17) is 5.11 Å². The van der Waals surface area contributed by atoms with Gasteiger partial charge in [-0.1, -0.05) is 18.2 Å². The third-order valence-electron chi connectivity index (χ3n) is 3.21. The summed E-state index contributed by atoms with van der Waals surface area (Å²) in [5.41, 5.74) is 2.63. The zero-order chi connectivity index (χ0) is 13.0. The predicted octanol–water partition coefficient (Wildman–Crippen LogP) is 2.69. The van der Waals surface area contributed by atoms with E-state index in [9.17, 15) is 0 Å². The van der Waals surface area contributed by atoms with Crippen LogP contribution in [0.3, 0.4) is 0 Å². The molecule has 0 bridgehead atoms. The first-order chi connectivity index (χ1) is 8.74. The maximum atomic E-state index is 8.77. The van der Waals surface area contributed by atoms with Crippen LogP contribution in [-0.2, 0) is 6.54 Å². The first-order valence-electron chi connectivity index (χ1n) is 6.64. The summed E-state index contributed by atoms with van der Waals surface area (Å²) in [4.78, 5) is 0. The number of rotatable bonds is 6. The maximum Gasteiger partial charge on any atom is 0.0486 e. The second-order valence-electron chi connectivity index (χ2n) is 4.93. The minimum Gasteiger partial charge on any atom is -0.396 e. The number of benzene rings is 1.